The summed E-state index contributed by atoms with van der Waals surface area (Å²) in [5, 5.41) is 12.9. The first-order chi connectivity index (χ1) is 10.9. The minimum absolute atomic E-state index is 0.0721. The van der Waals surface area contributed by atoms with Gasteiger partial charge in [0.05, 0.1) is 18.4 Å². The minimum atomic E-state index is -0.500. The van der Waals surface area contributed by atoms with Crippen LogP contribution in [0.1, 0.15) is 29.0 Å². The first kappa shape index (κ1) is 14.1. The Bertz CT molecular complexity index is 691. The summed E-state index contributed by atoms with van der Waals surface area (Å²) in [5.41, 5.74) is 2.22. The van der Waals surface area contributed by atoms with Crippen LogP contribution in [0.2, 0.25) is 0 Å². The average Bonchev–Trinajstić information content (AvgIpc) is 3.12. The zero-order valence-electron chi connectivity index (χ0n) is 12.0. The lowest BCUT2D eigenvalue weighted by molar-refractivity contribution is 0.439. The summed E-state index contributed by atoms with van der Waals surface area (Å²) < 4.78 is 5.37. The van der Waals surface area contributed by atoms with Crippen LogP contribution in [0.25, 0.3) is 0 Å². The molecule has 1 N–H and O–H groups in total. The van der Waals surface area contributed by atoms with E-state index in [2.05, 4.69) is 35.7 Å². The fourth-order valence-corrected chi connectivity index (χ4v) is 2.48. The van der Waals surface area contributed by atoms with Crippen LogP contribution in [0.3, 0.4) is 0 Å². The highest BCUT2D eigenvalue weighted by Crippen LogP contribution is 2.25. The van der Waals surface area contributed by atoms with Crippen LogP contribution in [-0.2, 0) is 0 Å². The summed E-state index contributed by atoms with van der Waals surface area (Å²) in [5.74, 6) is 0.624. The van der Waals surface area contributed by atoms with Crippen molar-refractivity contribution in [2.24, 2.45) is 0 Å². The lowest BCUT2D eigenvalue weighted by Crippen LogP contribution is -2.26. The highest BCUT2D eigenvalue weighted by Gasteiger charge is 2.21. The fraction of sp³-hybridized carbons (Fsp3) is 0.105. The molecule has 3 rings (SSSR count). The number of furan rings is 1. The summed E-state index contributed by atoms with van der Waals surface area (Å²) in [4.78, 5) is 0. The highest BCUT2D eigenvalue weighted by atomic mass is 16.3. The second-order valence-electron chi connectivity index (χ2n) is 5.00. The average molecular weight is 288 g/mol. The van der Waals surface area contributed by atoms with Crippen molar-refractivity contribution in [2.75, 3.05) is 0 Å². The number of rotatable bonds is 5. The molecule has 0 aliphatic carbocycles. The maximum absolute atomic E-state index is 9.47. The van der Waals surface area contributed by atoms with Crippen LogP contribution < -0.4 is 5.32 Å². The molecule has 1 heterocycles. The van der Waals surface area contributed by atoms with Gasteiger partial charge in [-0.1, -0.05) is 60.7 Å². The third kappa shape index (κ3) is 3.08. The molecule has 1 atom stereocenters. The molecule has 0 amide bonds. The Morgan fingerprint density at radius 1 is 0.818 bits per heavy atom. The Balaban J connectivity index is 1.94. The second-order valence-corrected chi connectivity index (χ2v) is 5.00. The molecule has 0 spiro atoms. The number of nitriles is 1. The monoisotopic (exact) mass is 288 g/mol. The van der Waals surface area contributed by atoms with E-state index < -0.39 is 6.04 Å². The molecule has 0 fully saturated rings. The van der Waals surface area contributed by atoms with Crippen molar-refractivity contribution in [1.82, 2.24) is 5.32 Å². The zero-order valence-corrected chi connectivity index (χ0v) is 12.0. The van der Waals surface area contributed by atoms with Crippen molar-refractivity contribution in [3.05, 3.63) is 95.9 Å². The van der Waals surface area contributed by atoms with Gasteiger partial charge in [0.1, 0.15) is 5.76 Å². The van der Waals surface area contributed by atoms with E-state index in [4.69, 9.17) is 4.42 Å². The minimum Gasteiger partial charge on any atom is -0.467 e. The van der Waals surface area contributed by atoms with Gasteiger partial charge in [0.15, 0.2) is 6.04 Å². The zero-order chi connectivity index (χ0) is 15.2. The van der Waals surface area contributed by atoms with Crippen molar-refractivity contribution < 1.29 is 4.42 Å². The van der Waals surface area contributed by atoms with Gasteiger partial charge in [-0.25, -0.2) is 0 Å². The molecular formula is C19H16N2O. The number of benzene rings is 2. The Morgan fingerprint density at radius 3 is 1.86 bits per heavy atom. The van der Waals surface area contributed by atoms with Crippen molar-refractivity contribution in [3.63, 3.8) is 0 Å². The molecule has 1 unspecified atom stereocenters. The molecule has 0 saturated carbocycles. The smallest absolute Gasteiger partial charge is 0.155 e. The molecular weight excluding hydrogens is 272 g/mol. The maximum Gasteiger partial charge on any atom is 0.155 e. The van der Waals surface area contributed by atoms with E-state index in [-0.39, 0.29) is 6.04 Å². The molecule has 0 aliphatic heterocycles. The SMILES string of the molecule is N#CC(NC(c1ccccc1)c1ccccc1)c1ccco1. The van der Waals surface area contributed by atoms with Gasteiger partial charge in [-0.05, 0) is 23.3 Å². The van der Waals surface area contributed by atoms with Crippen LogP contribution in [-0.4, -0.2) is 0 Å². The number of nitrogens with zero attached hydrogens (tertiary/aromatic N) is 1. The lowest BCUT2D eigenvalue weighted by atomic mass is 9.97. The van der Waals surface area contributed by atoms with E-state index in [1.807, 2.05) is 42.5 Å². The predicted octanol–water partition coefficient (Wildman–Crippen LogP) is 4.22. The van der Waals surface area contributed by atoms with E-state index in [1.54, 1.807) is 12.3 Å². The first-order valence-electron chi connectivity index (χ1n) is 7.17. The van der Waals surface area contributed by atoms with Crippen LogP contribution >= 0.6 is 0 Å². The fourth-order valence-electron chi connectivity index (χ4n) is 2.48. The second kappa shape index (κ2) is 6.75. The summed E-state index contributed by atoms with van der Waals surface area (Å²) in [6, 6.07) is 25.5. The van der Waals surface area contributed by atoms with Crippen LogP contribution in [0.5, 0.6) is 0 Å². The first-order valence-corrected chi connectivity index (χ1v) is 7.17. The largest absolute Gasteiger partial charge is 0.467 e. The molecule has 3 aromatic rings. The van der Waals surface area contributed by atoms with Crippen molar-refractivity contribution in [2.45, 2.75) is 12.1 Å². The maximum atomic E-state index is 9.47. The Labute approximate surface area is 129 Å². The highest BCUT2D eigenvalue weighted by molar-refractivity contribution is 5.32. The molecule has 2 aromatic carbocycles. The normalized spacial score (nSPS) is 12.0. The van der Waals surface area contributed by atoms with Crippen molar-refractivity contribution >= 4 is 0 Å². The molecule has 3 heteroatoms. The van der Waals surface area contributed by atoms with Gasteiger partial charge in [0.2, 0.25) is 0 Å². The van der Waals surface area contributed by atoms with E-state index in [0.29, 0.717) is 5.76 Å². The van der Waals surface area contributed by atoms with Crippen LogP contribution in [0.15, 0.2) is 83.5 Å². The predicted molar refractivity (Wildman–Crippen MR) is 84.9 cm³/mol. The molecule has 0 bridgehead atoms. The van der Waals surface area contributed by atoms with Gasteiger partial charge >= 0.3 is 0 Å². The molecule has 3 nitrogen and oxygen atoms in total. The molecule has 22 heavy (non-hydrogen) atoms. The van der Waals surface area contributed by atoms with Crippen molar-refractivity contribution in [3.8, 4) is 6.07 Å². The Kier molecular flexibility index (Phi) is 4.33. The van der Waals surface area contributed by atoms with E-state index in [1.165, 1.54) is 0 Å². The number of hydrogen-bond donors (Lipinski definition) is 1. The number of nitrogens with one attached hydrogen (secondary N) is 1. The van der Waals surface area contributed by atoms with Gasteiger partial charge < -0.3 is 4.42 Å². The van der Waals surface area contributed by atoms with Crippen LogP contribution in [0, 0.1) is 11.3 Å². The Hall–Kier alpha value is -2.83. The Morgan fingerprint density at radius 2 is 1.41 bits per heavy atom. The van der Waals surface area contributed by atoms with Crippen LogP contribution in [0.4, 0.5) is 0 Å². The summed E-state index contributed by atoms with van der Waals surface area (Å²) in [6.07, 6.45) is 1.58. The molecule has 0 aliphatic rings. The van der Waals surface area contributed by atoms with E-state index in [9.17, 15) is 5.26 Å². The van der Waals surface area contributed by atoms with Gasteiger partial charge in [0, 0.05) is 0 Å². The van der Waals surface area contributed by atoms with Gasteiger partial charge in [-0.3, -0.25) is 5.32 Å². The molecule has 108 valence electrons. The van der Waals surface area contributed by atoms with Gasteiger partial charge in [0.25, 0.3) is 0 Å². The van der Waals surface area contributed by atoms with Gasteiger partial charge in [-0.15, -0.1) is 0 Å². The molecule has 1 aromatic heterocycles. The molecule has 0 radical (unpaired) electrons. The summed E-state index contributed by atoms with van der Waals surface area (Å²) in [6.45, 7) is 0. The summed E-state index contributed by atoms with van der Waals surface area (Å²) in [7, 11) is 0. The van der Waals surface area contributed by atoms with E-state index >= 15 is 0 Å². The quantitative estimate of drug-likeness (QED) is 0.764. The standard InChI is InChI=1S/C19H16N2O/c20-14-17(18-12-7-13-22-18)21-19(15-8-3-1-4-9-15)16-10-5-2-6-11-16/h1-13,17,19,21H. The third-order valence-corrected chi connectivity index (χ3v) is 3.56. The summed E-state index contributed by atoms with van der Waals surface area (Å²) >= 11 is 0. The lowest BCUT2D eigenvalue weighted by Gasteiger charge is -2.22. The van der Waals surface area contributed by atoms with E-state index in [0.717, 1.165) is 11.1 Å². The topological polar surface area (TPSA) is 49.0 Å². The van der Waals surface area contributed by atoms with Crippen molar-refractivity contribution in [1.29, 1.82) is 5.26 Å². The molecule has 0 saturated heterocycles. The number of hydrogen-bond acceptors (Lipinski definition) is 3. The van der Waals surface area contributed by atoms with Gasteiger partial charge in [-0.2, -0.15) is 5.26 Å². The third-order valence-electron chi connectivity index (χ3n) is 3.56.